The summed E-state index contributed by atoms with van der Waals surface area (Å²) in [6.07, 6.45) is 2.51. The Labute approximate surface area is 147 Å². The molecule has 24 heavy (non-hydrogen) atoms. The van der Waals surface area contributed by atoms with Crippen molar-refractivity contribution in [2.45, 2.75) is 13.5 Å². The maximum Gasteiger partial charge on any atom is 0.328 e. The van der Waals surface area contributed by atoms with Crippen molar-refractivity contribution in [1.82, 2.24) is 0 Å². The molecule has 0 fully saturated rings. The van der Waals surface area contributed by atoms with Gasteiger partial charge in [0.2, 0.25) is 0 Å². The van der Waals surface area contributed by atoms with Gasteiger partial charge in [-0.15, -0.1) is 0 Å². The highest BCUT2D eigenvalue weighted by atomic mass is 79.9. The number of ether oxygens (including phenoxy) is 2. The predicted octanol–water partition coefficient (Wildman–Crippen LogP) is 4.66. The van der Waals surface area contributed by atoms with Crippen molar-refractivity contribution in [2.75, 3.05) is 6.61 Å². The number of carbonyl (C=O) groups is 1. The second-order valence-electron chi connectivity index (χ2n) is 4.85. The molecule has 6 heteroatoms. The number of carboxylic acid groups (broad SMARTS) is 1. The van der Waals surface area contributed by atoms with Crippen LogP contribution in [0.1, 0.15) is 18.1 Å². The minimum Gasteiger partial charge on any atom is -0.490 e. The standard InChI is InChI=1S/C18H16BrFO4/c1-2-23-16-10-12(6-7-17(21)22)9-15(19)18(16)24-11-13-4-3-5-14(20)8-13/h3-10H,2,11H2,1H3,(H,21,22)/b7-6+. The molecule has 0 atom stereocenters. The summed E-state index contributed by atoms with van der Waals surface area (Å²) in [4.78, 5) is 10.6. The smallest absolute Gasteiger partial charge is 0.328 e. The zero-order chi connectivity index (χ0) is 17.5. The molecule has 0 unspecified atom stereocenters. The van der Waals surface area contributed by atoms with Gasteiger partial charge in [0, 0.05) is 6.08 Å². The van der Waals surface area contributed by atoms with E-state index >= 15 is 0 Å². The summed E-state index contributed by atoms with van der Waals surface area (Å²) in [6.45, 7) is 2.44. The van der Waals surface area contributed by atoms with Crippen LogP contribution in [0.15, 0.2) is 46.9 Å². The molecular formula is C18H16BrFO4. The SMILES string of the molecule is CCOc1cc(/C=C/C(=O)O)cc(Br)c1OCc1cccc(F)c1. The van der Waals surface area contributed by atoms with Crippen LogP contribution >= 0.6 is 15.9 Å². The lowest BCUT2D eigenvalue weighted by atomic mass is 10.2. The van der Waals surface area contributed by atoms with E-state index in [0.29, 0.717) is 33.7 Å². The number of aliphatic carboxylic acids is 1. The molecule has 1 N–H and O–H groups in total. The number of halogens is 2. The number of hydrogen-bond donors (Lipinski definition) is 1. The molecule has 0 aliphatic rings. The van der Waals surface area contributed by atoms with E-state index in [2.05, 4.69) is 15.9 Å². The zero-order valence-electron chi connectivity index (χ0n) is 13.0. The van der Waals surface area contributed by atoms with Crippen molar-refractivity contribution in [3.63, 3.8) is 0 Å². The Kier molecular flexibility index (Phi) is 6.37. The fourth-order valence-electron chi connectivity index (χ4n) is 2.04. The summed E-state index contributed by atoms with van der Waals surface area (Å²) in [5, 5.41) is 8.72. The van der Waals surface area contributed by atoms with Gasteiger partial charge >= 0.3 is 5.97 Å². The lowest BCUT2D eigenvalue weighted by Crippen LogP contribution is -2.01. The zero-order valence-corrected chi connectivity index (χ0v) is 14.5. The molecule has 2 aromatic carbocycles. The number of rotatable bonds is 7. The van der Waals surface area contributed by atoms with Crippen LogP contribution in [-0.4, -0.2) is 17.7 Å². The Balaban J connectivity index is 2.25. The van der Waals surface area contributed by atoms with Crippen LogP contribution in [0.3, 0.4) is 0 Å². The highest BCUT2D eigenvalue weighted by Gasteiger charge is 2.12. The van der Waals surface area contributed by atoms with Crippen molar-refractivity contribution >= 4 is 28.0 Å². The Morgan fingerprint density at radius 1 is 1.29 bits per heavy atom. The van der Waals surface area contributed by atoms with Crippen LogP contribution in [-0.2, 0) is 11.4 Å². The molecule has 0 heterocycles. The third-order valence-electron chi connectivity index (χ3n) is 3.02. The fraction of sp³-hybridized carbons (Fsp3) is 0.167. The lowest BCUT2D eigenvalue weighted by Gasteiger charge is -2.15. The maximum atomic E-state index is 13.2. The van der Waals surface area contributed by atoms with Gasteiger partial charge in [0.1, 0.15) is 12.4 Å². The molecule has 0 aliphatic heterocycles. The topological polar surface area (TPSA) is 55.8 Å². The van der Waals surface area contributed by atoms with E-state index in [4.69, 9.17) is 14.6 Å². The highest BCUT2D eigenvalue weighted by molar-refractivity contribution is 9.10. The fourth-order valence-corrected chi connectivity index (χ4v) is 2.61. The monoisotopic (exact) mass is 394 g/mol. The van der Waals surface area contributed by atoms with E-state index in [-0.39, 0.29) is 12.4 Å². The van der Waals surface area contributed by atoms with E-state index in [1.807, 2.05) is 6.92 Å². The summed E-state index contributed by atoms with van der Waals surface area (Å²) >= 11 is 3.40. The van der Waals surface area contributed by atoms with Gasteiger partial charge < -0.3 is 14.6 Å². The molecule has 0 aromatic heterocycles. The van der Waals surface area contributed by atoms with Gasteiger partial charge in [-0.2, -0.15) is 0 Å². The van der Waals surface area contributed by atoms with Crippen molar-refractivity contribution in [2.24, 2.45) is 0 Å². The van der Waals surface area contributed by atoms with E-state index in [9.17, 15) is 9.18 Å². The van der Waals surface area contributed by atoms with E-state index < -0.39 is 5.97 Å². The molecule has 0 bridgehead atoms. The normalized spacial score (nSPS) is 10.8. The Morgan fingerprint density at radius 2 is 2.08 bits per heavy atom. The van der Waals surface area contributed by atoms with E-state index in [1.54, 1.807) is 24.3 Å². The van der Waals surface area contributed by atoms with E-state index in [0.717, 1.165) is 6.08 Å². The average molecular weight is 395 g/mol. The number of hydrogen-bond acceptors (Lipinski definition) is 3. The molecule has 0 spiro atoms. The number of carboxylic acids is 1. The molecule has 2 aromatic rings. The van der Waals surface area contributed by atoms with Crippen LogP contribution < -0.4 is 9.47 Å². The Bertz CT molecular complexity index is 759. The minimum atomic E-state index is -1.03. The first-order chi connectivity index (χ1) is 11.5. The van der Waals surface area contributed by atoms with Gasteiger partial charge in [-0.05, 0) is 64.3 Å². The van der Waals surface area contributed by atoms with Gasteiger partial charge in [0.25, 0.3) is 0 Å². The van der Waals surface area contributed by atoms with Crippen LogP contribution in [0, 0.1) is 5.82 Å². The Hall–Kier alpha value is -2.34. The molecule has 4 nitrogen and oxygen atoms in total. The highest BCUT2D eigenvalue weighted by Crippen LogP contribution is 2.37. The van der Waals surface area contributed by atoms with Crippen molar-refractivity contribution in [3.8, 4) is 11.5 Å². The molecule has 0 saturated carbocycles. The minimum absolute atomic E-state index is 0.181. The molecule has 0 aliphatic carbocycles. The first kappa shape index (κ1) is 18.0. The molecule has 126 valence electrons. The summed E-state index contributed by atoms with van der Waals surface area (Å²) in [6, 6.07) is 9.57. The average Bonchev–Trinajstić information content (AvgIpc) is 2.52. The predicted molar refractivity (Wildman–Crippen MR) is 92.7 cm³/mol. The van der Waals surface area contributed by atoms with Gasteiger partial charge in [-0.3, -0.25) is 0 Å². The third kappa shape index (κ3) is 5.09. The van der Waals surface area contributed by atoms with Crippen molar-refractivity contribution in [3.05, 3.63) is 63.9 Å². The second kappa shape index (κ2) is 8.49. The van der Waals surface area contributed by atoms with Crippen LogP contribution in [0.25, 0.3) is 6.08 Å². The molecule has 0 radical (unpaired) electrons. The summed E-state index contributed by atoms with van der Waals surface area (Å²) < 4.78 is 25.2. The quantitative estimate of drug-likeness (QED) is 0.693. The summed E-state index contributed by atoms with van der Waals surface area (Å²) in [5.74, 6) is -0.397. The van der Waals surface area contributed by atoms with Crippen LogP contribution in [0.4, 0.5) is 4.39 Å². The first-order valence-corrected chi connectivity index (χ1v) is 8.03. The van der Waals surface area contributed by atoms with Crippen molar-refractivity contribution < 1.29 is 23.8 Å². The van der Waals surface area contributed by atoms with Crippen LogP contribution in [0.2, 0.25) is 0 Å². The third-order valence-corrected chi connectivity index (χ3v) is 3.61. The van der Waals surface area contributed by atoms with Gasteiger partial charge in [-0.25, -0.2) is 9.18 Å². The van der Waals surface area contributed by atoms with E-state index in [1.165, 1.54) is 18.2 Å². The second-order valence-corrected chi connectivity index (χ2v) is 5.71. The van der Waals surface area contributed by atoms with Crippen molar-refractivity contribution in [1.29, 1.82) is 0 Å². The first-order valence-electron chi connectivity index (χ1n) is 7.24. The van der Waals surface area contributed by atoms with Gasteiger partial charge in [-0.1, -0.05) is 12.1 Å². The van der Waals surface area contributed by atoms with Crippen LogP contribution in [0.5, 0.6) is 11.5 Å². The number of benzene rings is 2. The molecular weight excluding hydrogens is 379 g/mol. The Morgan fingerprint density at radius 3 is 2.75 bits per heavy atom. The largest absolute Gasteiger partial charge is 0.490 e. The van der Waals surface area contributed by atoms with Gasteiger partial charge in [0.05, 0.1) is 11.1 Å². The molecule has 0 saturated heterocycles. The summed E-state index contributed by atoms with van der Waals surface area (Å²) in [5.41, 5.74) is 1.35. The van der Waals surface area contributed by atoms with Gasteiger partial charge in [0.15, 0.2) is 11.5 Å². The molecule has 2 rings (SSSR count). The summed E-state index contributed by atoms with van der Waals surface area (Å²) in [7, 11) is 0. The molecule has 0 amide bonds. The maximum absolute atomic E-state index is 13.2. The lowest BCUT2D eigenvalue weighted by molar-refractivity contribution is -0.131.